The number of hydrogen-bond donors (Lipinski definition) is 0. The highest BCUT2D eigenvalue weighted by Gasteiger charge is 2.21. The summed E-state index contributed by atoms with van der Waals surface area (Å²) in [6, 6.07) is 17.2. The van der Waals surface area contributed by atoms with Gasteiger partial charge in [-0.1, -0.05) is 35.9 Å². The summed E-state index contributed by atoms with van der Waals surface area (Å²) < 4.78 is 0. The number of nitrogens with zero attached hydrogens (tertiary/aromatic N) is 4. The highest BCUT2D eigenvalue weighted by atomic mass is 15.2. The van der Waals surface area contributed by atoms with Gasteiger partial charge in [-0.2, -0.15) is 0 Å². The molecule has 0 saturated carbocycles. The molecule has 1 aliphatic rings. The van der Waals surface area contributed by atoms with Crippen molar-refractivity contribution in [3.8, 4) is 11.1 Å². The lowest BCUT2D eigenvalue weighted by Crippen LogP contribution is -2.32. The maximum atomic E-state index is 4.83. The molecule has 0 atom stereocenters. The molecule has 4 aromatic rings. The van der Waals surface area contributed by atoms with Gasteiger partial charge >= 0.3 is 0 Å². The number of pyridine rings is 1. The van der Waals surface area contributed by atoms with Crippen LogP contribution >= 0.6 is 0 Å². The Morgan fingerprint density at radius 2 is 1.79 bits per heavy atom. The van der Waals surface area contributed by atoms with E-state index in [1.165, 1.54) is 33.5 Å². The van der Waals surface area contributed by atoms with Gasteiger partial charge in [0, 0.05) is 42.4 Å². The molecular formula is C25H24N4. The Morgan fingerprint density at radius 3 is 2.66 bits per heavy atom. The van der Waals surface area contributed by atoms with Gasteiger partial charge in [-0.15, -0.1) is 0 Å². The van der Waals surface area contributed by atoms with Crippen molar-refractivity contribution in [3.05, 3.63) is 82.9 Å². The van der Waals surface area contributed by atoms with Gasteiger partial charge in [-0.05, 0) is 55.7 Å². The number of aromatic nitrogens is 3. The minimum atomic E-state index is 0.814. The van der Waals surface area contributed by atoms with Crippen LogP contribution in [0, 0.1) is 20.8 Å². The number of anilines is 1. The molecule has 0 spiro atoms. The first-order valence-corrected chi connectivity index (χ1v) is 10.1. The van der Waals surface area contributed by atoms with Gasteiger partial charge in [-0.25, -0.2) is 9.97 Å². The molecule has 0 radical (unpaired) electrons. The summed E-state index contributed by atoms with van der Waals surface area (Å²) in [7, 11) is 0. The predicted octanol–water partition coefficient (Wildman–Crippen LogP) is 5.18. The Labute approximate surface area is 171 Å². The highest BCUT2D eigenvalue weighted by molar-refractivity contribution is 5.90. The molecular weight excluding hydrogens is 356 g/mol. The zero-order chi connectivity index (χ0) is 20.0. The van der Waals surface area contributed by atoms with E-state index < -0.39 is 0 Å². The van der Waals surface area contributed by atoms with Crippen molar-refractivity contribution in [2.45, 2.75) is 33.7 Å². The summed E-state index contributed by atoms with van der Waals surface area (Å²) in [5.74, 6) is 1.84. The lowest BCUT2D eigenvalue weighted by Gasteiger charge is -2.30. The average Bonchev–Trinajstić information content (AvgIpc) is 2.73. The molecule has 4 nitrogen and oxygen atoms in total. The molecule has 0 amide bonds. The molecule has 2 aromatic carbocycles. The second-order valence-corrected chi connectivity index (χ2v) is 7.93. The van der Waals surface area contributed by atoms with Crippen LogP contribution in [0.5, 0.6) is 0 Å². The fourth-order valence-electron chi connectivity index (χ4n) is 4.23. The lowest BCUT2D eigenvalue weighted by atomic mass is 9.97. The van der Waals surface area contributed by atoms with Crippen molar-refractivity contribution in [1.29, 1.82) is 0 Å². The molecule has 2 aromatic heterocycles. The molecule has 5 rings (SSSR count). The Balaban J connectivity index is 1.56. The first-order chi connectivity index (χ1) is 14.1. The maximum absolute atomic E-state index is 4.83. The molecule has 0 unspecified atom stereocenters. The molecule has 0 fully saturated rings. The zero-order valence-corrected chi connectivity index (χ0v) is 17.1. The SMILES string of the molecule is Cc1ccc2nc(C)nc(N3CCc4ncc(-c5ccccc5C)cc4C3)c2c1. The number of rotatable bonds is 2. The summed E-state index contributed by atoms with van der Waals surface area (Å²) in [6.45, 7) is 7.98. The van der Waals surface area contributed by atoms with Crippen molar-refractivity contribution in [3.63, 3.8) is 0 Å². The smallest absolute Gasteiger partial charge is 0.140 e. The van der Waals surface area contributed by atoms with Gasteiger partial charge in [0.2, 0.25) is 0 Å². The minimum absolute atomic E-state index is 0.814. The van der Waals surface area contributed by atoms with E-state index in [1.54, 1.807) is 0 Å². The highest BCUT2D eigenvalue weighted by Crippen LogP contribution is 2.31. The lowest BCUT2D eigenvalue weighted by molar-refractivity contribution is 0.703. The summed E-state index contributed by atoms with van der Waals surface area (Å²) in [4.78, 5) is 16.6. The van der Waals surface area contributed by atoms with Crippen molar-refractivity contribution < 1.29 is 0 Å². The summed E-state index contributed by atoms with van der Waals surface area (Å²) >= 11 is 0. The van der Waals surface area contributed by atoms with Crippen molar-refractivity contribution >= 4 is 16.7 Å². The van der Waals surface area contributed by atoms with Crippen LogP contribution in [0.15, 0.2) is 54.7 Å². The van der Waals surface area contributed by atoms with E-state index in [-0.39, 0.29) is 0 Å². The Bertz CT molecular complexity index is 1230. The summed E-state index contributed by atoms with van der Waals surface area (Å²) in [5.41, 5.74) is 8.43. The molecule has 4 heteroatoms. The van der Waals surface area contributed by atoms with E-state index in [0.29, 0.717) is 0 Å². The van der Waals surface area contributed by atoms with Crippen LogP contribution in [0.25, 0.3) is 22.0 Å². The molecule has 3 heterocycles. The van der Waals surface area contributed by atoms with Crippen LogP contribution in [-0.4, -0.2) is 21.5 Å². The van der Waals surface area contributed by atoms with Crippen LogP contribution < -0.4 is 4.90 Å². The Kier molecular flexibility index (Phi) is 4.27. The maximum Gasteiger partial charge on any atom is 0.140 e. The molecule has 0 aliphatic carbocycles. The normalized spacial score (nSPS) is 13.6. The summed E-state index contributed by atoms with van der Waals surface area (Å²) in [5, 5.41) is 1.13. The zero-order valence-electron chi connectivity index (χ0n) is 17.1. The van der Waals surface area contributed by atoms with Crippen LogP contribution in [0.1, 0.15) is 28.2 Å². The van der Waals surface area contributed by atoms with Crippen LogP contribution in [-0.2, 0) is 13.0 Å². The molecule has 0 N–H and O–H groups in total. The molecule has 144 valence electrons. The second kappa shape index (κ2) is 6.96. The quantitative estimate of drug-likeness (QED) is 0.480. The van der Waals surface area contributed by atoms with Crippen molar-refractivity contribution in [2.75, 3.05) is 11.4 Å². The standard InChI is InChI=1S/C25H24N4/c1-16-8-9-24-22(12-16)25(28-18(3)27-24)29-11-10-23-20(15-29)13-19(14-26-23)21-7-5-4-6-17(21)2/h4-9,12-14H,10-11,15H2,1-3H3. The van der Waals surface area contributed by atoms with E-state index in [9.17, 15) is 0 Å². The van der Waals surface area contributed by atoms with Gasteiger partial charge in [0.15, 0.2) is 0 Å². The predicted molar refractivity (Wildman–Crippen MR) is 118 cm³/mol. The Morgan fingerprint density at radius 1 is 0.931 bits per heavy atom. The Hall–Kier alpha value is -3.27. The summed E-state index contributed by atoms with van der Waals surface area (Å²) in [6.07, 6.45) is 2.95. The van der Waals surface area contributed by atoms with Gasteiger partial charge in [0.25, 0.3) is 0 Å². The van der Waals surface area contributed by atoms with Crippen LogP contribution in [0.2, 0.25) is 0 Å². The van der Waals surface area contributed by atoms with Gasteiger partial charge in [0.1, 0.15) is 11.6 Å². The third-order valence-electron chi connectivity index (χ3n) is 5.74. The van der Waals surface area contributed by atoms with Gasteiger partial charge in [0.05, 0.1) is 5.52 Å². The number of aryl methyl sites for hydroxylation is 3. The average molecular weight is 380 g/mol. The molecule has 0 saturated heterocycles. The van der Waals surface area contributed by atoms with Crippen LogP contribution in [0.4, 0.5) is 5.82 Å². The third-order valence-corrected chi connectivity index (χ3v) is 5.74. The fraction of sp³-hybridized carbons (Fsp3) is 0.240. The van der Waals surface area contributed by atoms with E-state index in [4.69, 9.17) is 9.97 Å². The van der Waals surface area contributed by atoms with Crippen LogP contribution in [0.3, 0.4) is 0 Å². The van der Waals surface area contributed by atoms with E-state index in [2.05, 4.69) is 72.3 Å². The molecule has 0 bridgehead atoms. The van der Waals surface area contributed by atoms with E-state index in [1.807, 2.05) is 13.1 Å². The topological polar surface area (TPSA) is 41.9 Å². The third kappa shape index (κ3) is 3.25. The largest absolute Gasteiger partial charge is 0.351 e. The fourth-order valence-corrected chi connectivity index (χ4v) is 4.23. The first-order valence-electron chi connectivity index (χ1n) is 10.1. The van der Waals surface area contributed by atoms with E-state index in [0.717, 1.165) is 42.1 Å². The van der Waals surface area contributed by atoms with Gasteiger partial charge in [-0.3, -0.25) is 4.98 Å². The van der Waals surface area contributed by atoms with Crippen molar-refractivity contribution in [2.24, 2.45) is 0 Å². The second-order valence-electron chi connectivity index (χ2n) is 7.93. The first kappa shape index (κ1) is 17.8. The number of benzene rings is 2. The molecule has 29 heavy (non-hydrogen) atoms. The monoisotopic (exact) mass is 380 g/mol. The number of fused-ring (bicyclic) bond motifs is 2. The molecule has 1 aliphatic heterocycles. The van der Waals surface area contributed by atoms with E-state index >= 15 is 0 Å². The minimum Gasteiger partial charge on any atom is -0.351 e. The number of hydrogen-bond acceptors (Lipinski definition) is 4. The van der Waals surface area contributed by atoms with Crippen molar-refractivity contribution in [1.82, 2.24) is 15.0 Å². The van der Waals surface area contributed by atoms with Gasteiger partial charge < -0.3 is 4.90 Å².